The summed E-state index contributed by atoms with van der Waals surface area (Å²) in [6, 6.07) is 11.8. The van der Waals surface area contributed by atoms with Gasteiger partial charge in [-0.3, -0.25) is 14.5 Å². The van der Waals surface area contributed by atoms with Crippen molar-refractivity contribution in [3.05, 3.63) is 58.7 Å². The van der Waals surface area contributed by atoms with Crippen molar-refractivity contribution >= 4 is 44.7 Å². The Morgan fingerprint density at radius 3 is 2.50 bits per heavy atom. The van der Waals surface area contributed by atoms with Crippen LogP contribution in [0.5, 0.6) is 0 Å². The molecule has 6 nitrogen and oxygen atoms in total. The number of carbonyl (C=O) groups is 2. The molecule has 2 aliphatic rings. The first kappa shape index (κ1) is 32.4. The van der Waals surface area contributed by atoms with Crippen LogP contribution in [0.4, 0.5) is 15.8 Å². The Labute approximate surface area is 266 Å². The molecule has 1 atom stereocenters. The van der Waals surface area contributed by atoms with Gasteiger partial charge >= 0.3 is 5.97 Å². The number of carbonyl (C=O) groups excluding carboxylic acids is 2. The van der Waals surface area contributed by atoms with Gasteiger partial charge in [-0.1, -0.05) is 64.0 Å². The number of rotatable bonds is 15. The van der Waals surface area contributed by atoms with Crippen LogP contribution in [0.1, 0.15) is 82.3 Å². The second-order valence-electron chi connectivity index (χ2n) is 12.4. The molecule has 5 rings (SSSR count). The largest absolute Gasteiger partial charge is 0.469 e. The normalized spacial score (nSPS) is 16.4. The van der Waals surface area contributed by atoms with E-state index in [4.69, 9.17) is 4.74 Å². The van der Waals surface area contributed by atoms with Crippen LogP contribution in [0.15, 0.2) is 41.8 Å². The lowest BCUT2D eigenvalue weighted by Crippen LogP contribution is -2.47. The molecule has 8 heteroatoms. The number of benzene rings is 2. The third-order valence-corrected chi connectivity index (χ3v) is 10.2. The molecular weight excluding hydrogens is 573 g/mol. The predicted molar refractivity (Wildman–Crippen MR) is 179 cm³/mol. The Balaban J connectivity index is 1.20. The predicted octanol–water partition coefficient (Wildman–Crippen LogP) is 7.76. The molecule has 238 valence electrons. The number of unbranched alkanes of at least 4 members (excludes halogenated alkanes) is 6. The maximum absolute atomic E-state index is 14.3. The highest BCUT2D eigenvalue weighted by Crippen LogP contribution is 2.34. The summed E-state index contributed by atoms with van der Waals surface area (Å²) in [6.45, 7) is 6.76. The third-order valence-electron chi connectivity index (χ3n) is 9.37. The highest BCUT2D eigenvalue weighted by atomic mass is 32.1. The van der Waals surface area contributed by atoms with Gasteiger partial charge in [0.15, 0.2) is 0 Å². The number of hydrogen-bond donors (Lipinski definition) is 0. The standard InChI is InChI=1S/C36H48FN3O3S/c1-3-4-5-6-7-8-9-10-30(26-36(42)43-2)40-32-23-27(11-12-28(32)13-14-35(40)41)15-17-38-18-20-39(21-19-38)33-24-29(37)25-34-31(33)16-22-44-34/h11-12,16,22-25,30H,3-10,13-15,17-21,26H2,1-2H3. The molecule has 0 bridgehead atoms. The summed E-state index contributed by atoms with van der Waals surface area (Å²) in [5.74, 6) is -0.320. The van der Waals surface area contributed by atoms with Gasteiger partial charge in [-0.2, -0.15) is 0 Å². The Bertz CT molecular complexity index is 1400. The molecule has 1 fully saturated rings. The first-order chi connectivity index (χ1) is 21.5. The molecule has 2 aliphatic heterocycles. The molecule has 1 unspecified atom stereocenters. The number of esters is 1. The minimum atomic E-state index is -0.258. The number of piperazine rings is 1. The van der Waals surface area contributed by atoms with Crippen LogP contribution < -0.4 is 9.80 Å². The van der Waals surface area contributed by atoms with Gasteiger partial charge in [0.05, 0.1) is 13.5 Å². The maximum Gasteiger partial charge on any atom is 0.307 e. The molecular formula is C36H48FN3O3S. The van der Waals surface area contributed by atoms with Crippen LogP contribution in [0.3, 0.4) is 0 Å². The van der Waals surface area contributed by atoms with Crippen LogP contribution >= 0.6 is 11.3 Å². The van der Waals surface area contributed by atoms with Crippen molar-refractivity contribution in [1.29, 1.82) is 0 Å². The van der Waals surface area contributed by atoms with Crippen LogP contribution in [0.2, 0.25) is 0 Å². The van der Waals surface area contributed by atoms with Crippen LogP contribution in [0, 0.1) is 5.82 Å². The van der Waals surface area contributed by atoms with E-state index in [9.17, 15) is 14.0 Å². The lowest BCUT2D eigenvalue weighted by Gasteiger charge is -2.37. The summed E-state index contributed by atoms with van der Waals surface area (Å²) >= 11 is 1.58. The van der Waals surface area contributed by atoms with Crippen molar-refractivity contribution in [3.63, 3.8) is 0 Å². The Kier molecular flexibility index (Phi) is 11.7. The van der Waals surface area contributed by atoms with Gasteiger partial charge in [0.2, 0.25) is 5.91 Å². The zero-order chi connectivity index (χ0) is 30.9. The van der Waals surface area contributed by atoms with E-state index < -0.39 is 0 Å². The molecule has 0 spiro atoms. The van der Waals surface area contributed by atoms with Crippen molar-refractivity contribution in [2.45, 2.75) is 90.0 Å². The van der Waals surface area contributed by atoms with Gasteiger partial charge in [0.25, 0.3) is 0 Å². The number of anilines is 2. The molecule has 2 aromatic carbocycles. The average molecular weight is 622 g/mol. The second kappa shape index (κ2) is 15.8. The van der Waals surface area contributed by atoms with E-state index in [1.54, 1.807) is 23.5 Å². The molecule has 1 amide bonds. The lowest BCUT2D eigenvalue weighted by atomic mass is 9.94. The quantitative estimate of drug-likeness (QED) is 0.128. The Hall–Kier alpha value is -2.97. The number of thiophene rings is 1. The number of fused-ring (bicyclic) bond motifs is 2. The maximum atomic E-state index is 14.3. The van der Waals surface area contributed by atoms with Gasteiger partial charge < -0.3 is 14.5 Å². The summed E-state index contributed by atoms with van der Waals surface area (Å²) in [6.07, 6.45) is 11.6. The van der Waals surface area contributed by atoms with Crippen LogP contribution in [-0.2, 0) is 27.2 Å². The molecule has 44 heavy (non-hydrogen) atoms. The van der Waals surface area contributed by atoms with E-state index in [1.807, 2.05) is 10.3 Å². The summed E-state index contributed by atoms with van der Waals surface area (Å²) in [5, 5.41) is 3.17. The van der Waals surface area contributed by atoms with Gasteiger partial charge in [0, 0.05) is 66.6 Å². The van der Waals surface area contributed by atoms with E-state index in [-0.39, 0.29) is 30.2 Å². The van der Waals surface area contributed by atoms with Gasteiger partial charge in [-0.15, -0.1) is 11.3 Å². The number of amides is 1. The number of hydrogen-bond acceptors (Lipinski definition) is 6. The second-order valence-corrected chi connectivity index (χ2v) is 13.4. The van der Waals surface area contributed by atoms with Crippen molar-refractivity contribution in [2.75, 3.05) is 49.6 Å². The highest BCUT2D eigenvalue weighted by molar-refractivity contribution is 7.17. The van der Waals surface area contributed by atoms with Crippen molar-refractivity contribution in [1.82, 2.24) is 4.90 Å². The smallest absolute Gasteiger partial charge is 0.307 e. The number of ether oxygens (including phenoxy) is 1. The first-order valence-electron chi connectivity index (χ1n) is 16.6. The molecule has 3 aromatic rings. The minimum Gasteiger partial charge on any atom is -0.469 e. The van der Waals surface area contributed by atoms with Crippen molar-refractivity contribution in [3.8, 4) is 0 Å². The Morgan fingerprint density at radius 2 is 1.73 bits per heavy atom. The fourth-order valence-corrected chi connectivity index (χ4v) is 7.64. The van der Waals surface area contributed by atoms with E-state index in [2.05, 4.69) is 41.0 Å². The van der Waals surface area contributed by atoms with Gasteiger partial charge in [-0.25, -0.2) is 4.39 Å². The fourth-order valence-electron chi connectivity index (χ4n) is 6.81. The lowest BCUT2D eigenvalue weighted by molar-refractivity contribution is -0.141. The van der Waals surface area contributed by atoms with E-state index >= 15 is 0 Å². The fraction of sp³-hybridized carbons (Fsp3) is 0.556. The molecule has 0 aliphatic carbocycles. The zero-order valence-corrected chi connectivity index (χ0v) is 27.3. The highest BCUT2D eigenvalue weighted by Gasteiger charge is 2.32. The monoisotopic (exact) mass is 621 g/mol. The van der Waals surface area contributed by atoms with E-state index in [0.29, 0.717) is 6.42 Å². The van der Waals surface area contributed by atoms with Crippen LogP contribution in [0.25, 0.3) is 10.1 Å². The molecule has 1 aromatic heterocycles. The number of halogens is 1. The molecule has 0 saturated carbocycles. The Morgan fingerprint density at radius 1 is 0.955 bits per heavy atom. The van der Waals surface area contributed by atoms with Gasteiger partial charge in [0.1, 0.15) is 5.82 Å². The summed E-state index contributed by atoms with van der Waals surface area (Å²) < 4.78 is 20.3. The third kappa shape index (κ3) is 8.19. The van der Waals surface area contributed by atoms with E-state index in [0.717, 1.165) is 86.3 Å². The van der Waals surface area contributed by atoms with Gasteiger partial charge in [-0.05, 0) is 60.0 Å². The number of nitrogens with zero attached hydrogens (tertiary/aromatic N) is 3. The van der Waals surface area contributed by atoms with Crippen molar-refractivity contribution < 1.29 is 18.7 Å². The zero-order valence-electron chi connectivity index (χ0n) is 26.5. The molecule has 0 N–H and O–H groups in total. The van der Waals surface area contributed by atoms with Crippen LogP contribution in [-0.4, -0.2) is 62.7 Å². The topological polar surface area (TPSA) is 53.1 Å². The van der Waals surface area contributed by atoms with E-state index in [1.165, 1.54) is 50.3 Å². The summed E-state index contributed by atoms with van der Waals surface area (Å²) in [4.78, 5) is 32.5. The minimum absolute atomic E-state index is 0.111. The van der Waals surface area contributed by atoms with Crippen molar-refractivity contribution in [2.24, 2.45) is 0 Å². The molecule has 1 saturated heterocycles. The first-order valence-corrected chi connectivity index (χ1v) is 17.5. The number of aryl methyl sites for hydroxylation is 1. The molecule has 0 radical (unpaired) electrons. The molecule has 3 heterocycles. The SMILES string of the molecule is CCCCCCCCCC(CC(=O)OC)N1C(=O)CCc2ccc(CCN3CCN(c4cc(F)cc5sccc45)CC3)cc21. The summed E-state index contributed by atoms with van der Waals surface area (Å²) in [5.41, 5.74) is 4.37. The average Bonchev–Trinajstić information content (AvgIpc) is 3.51. The number of methoxy groups -OCH3 is 1. The summed E-state index contributed by atoms with van der Waals surface area (Å²) in [7, 11) is 1.43.